The molecule has 0 radical (unpaired) electrons. The second-order valence-electron chi connectivity index (χ2n) is 3.91. The Morgan fingerprint density at radius 1 is 1.16 bits per heavy atom. The lowest BCUT2D eigenvalue weighted by Crippen LogP contribution is -2.03. The number of methoxy groups -OCH3 is 1. The average molecular weight is 296 g/mol. The van der Waals surface area contributed by atoms with Crippen molar-refractivity contribution in [3.8, 4) is 5.75 Å². The number of carbonyl (C=O) groups excluding carboxylic acids is 1. The number of hydrogen-bond acceptors (Lipinski definition) is 3. The molecular formula is C14H11Cl2NO2. The highest BCUT2D eigenvalue weighted by molar-refractivity contribution is 6.36. The highest BCUT2D eigenvalue weighted by Gasteiger charge is 2.15. The molecule has 0 aliphatic carbocycles. The van der Waals surface area contributed by atoms with Gasteiger partial charge in [-0.15, -0.1) is 0 Å². The number of benzene rings is 2. The standard InChI is InChI=1S/C14H11Cl2NO2/c1-19-13-6-8(2-5-12(13)17)14(18)10-7-9(15)3-4-11(10)16/h2-7H,17H2,1H3. The van der Waals surface area contributed by atoms with Crippen molar-refractivity contribution in [1.29, 1.82) is 0 Å². The lowest BCUT2D eigenvalue weighted by molar-refractivity contribution is 0.103. The summed E-state index contributed by atoms with van der Waals surface area (Å²) in [6.45, 7) is 0. The van der Waals surface area contributed by atoms with Crippen LogP contribution >= 0.6 is 23.2 Å². The van der Waals surface area contributed by atoms with Gasteiger partial charge in [-0.25, -0.2) is 0 Å². The summed E-state index contributed by atoms with van der Waals surface area (Å²) in [5.41, 5.74) is 6.97. The number of halogens is 2. The minimum Gasteiger partial charge on any atom is -0.495 e. The van der Waals surface area contributed by atoms with Crippen LogP contribution in [0.3, 0.4) is 0 Å². The zero-order valence-corrected chi connectivity index (χ0v) is 11.6. The van der Waals surface area contributed by atoms with Gasteiger partial charge in [0.1, 0.15) is 5.75 Å². The molecule has 2 rings (SSSR count). The van der Waals surface area contributed by atoms with Crippen LogP contribution in [0.5, 0.6) is 5.75 Å². The summed E-state index contributed by atoms with van der Waals surface area (Å²) < 4.78 is 5.09. The number of ketones is 1. The van der Waals surface area contributed by atoms with Crippen LogP contribution in [0.2, 0.25) is 10.0 Å². The number of rotatable bonds is 3. The lowest BCUT2D eigenvalue weighted by Gasteiger charge is -2.08. The Kier molecular flexibility index (Phi) is 3.98. The Morgan fingerprint density at radius 2 is 1.89 bits per heavy atom. The molecule has 0 aromatic heterocycles. The van der Waals surface area contributed by atoms with Gasteiger partial charge in [-0.3, -0.25) is 4.79 Å². The molecule has 0 saturated carbocycles. The molecule has 0 heterocycles. The topological polar surface area (TPSA) is 52.3 Å². The molecule has 0 unspecified atom stereocenters. The Bertz CT molecular complexity index is 641. The molecule has 2 N–H and O–H groups in total. The van der Waals surface area contributed by atoms with Gasteiger partial charge >= 0.3 is 0 Å². The number of ether oxygens (including phenoxy) is 1. The zero-order valence-electron chi connectivity index (χ0n) is 10.1. The quantitative estimate of drug-likeness (QED) is 0.692. The summed E-state index contributed by atoms with van der Waals surface area (Å²) in [4.78, 5) is 12.4. The molecule has 0 aliphatic heterocycles. The fourth-order valence-electron chi connectivity index (χ4n) is 1.68. The smallest absolute Gasteiger partial charge is 0.194 e. The van der Waals surface area contributed by atoms with Gasteiger partial charge in [0.15, 0.2) is 5.78 Å². The van der Waals surface area contributed by atoms with E-state index in [-0.39, 0.29) is 5.78 Å². The highest BCUT2D eigenvalue weighted by Crippen LogP contribution is 2.27. The molecule has 0 amide bonds. The van der Waals surface area contributed by atoms with Gasteiger partial charge in [-0.1, -0.05) is 23.2 Å². The minimum atomic E-state index is -0.231. The molecule has 2 aromatic carbocycles. The van der Waals surface area contributed by atoms with Crippen LogP contribution in [-0.2, 0) is 0 Å². The van der Waals surface area contributed by atoms with Gasteiger partial charge in [0, 0.05) is 16.1 Å². The van der Waals surface area contributed by atoms with Crippen molar-refractivity contribution in [1.82, 2.24) is 0 Å². The lowest BCUT2D eigenvalue weighted by atomic mass is 10.0. The van der Waals surface area contributed by atoms with Crippen LogP contribution in [0.25, 0.3) is 0 Å². The predicted molar refractivity (Wildman–Crippen MR) is 77.3 cm³/mol. The van der Waals surface area contributed by atoms with E-state index in [1.807, 2.05) is 0 Å². The molecule has 98 valence electrons. The maximum atomic E-state index is 12.4. The van der Waals surface area contributed by atoms with Crippen LogP contribution in [0, 0.1) is 0 Å². The van der Waals surface area contributed by atoms with E-state index in [2.05, 4.69) is 0 Å². The molecule has 0 saturated heterocycles. The van der Waals surface area contributed by atoms with Crippen molar-refractivity contribution < 1.29 is 9.53 Å². The highest BCUT2D eigenvalue weighted by atomic mass is 35.5. The zero-order chi connectivity index (χ0) is 14.0. The summed E-state index contributed by atoms with van der Waals surface area (Å²) >= 11 is 11.9. The maximum absolute atomic E-state index is 12.4. The minimum absolute atomic E-state index is 0.231. The molecule has 3 nitrogen and oxygen atoms in total. The third kappa shape index (κ3) is 2.83. The number of nitrogens with two attached hydrogens (primary N) is 1. The van der Waals surface area contributed by atoms with E-state index in [0.717, 1.165) is 0 Å². The first kappa shape index (κ1) is 13.7. The van der Waals surface area contributed by atoms with E-state index in [0.29, 0.717) is 32.6 Å². The van der Waals surface area contributed by atoms with Crippen molar-refractivity contribution in [3.63, 3.8) is 0 Å². The van der Waals surface area contributed by atoms with E-state index in [4.69, 9.17) is 33.7 Å². The summed E-state index contributed by atoms with van der Waals surface area (Å²) in [6, 6.07) is 9.57. The second-order valence-corrected chi connectivity index (χ2v) is 4.75. The Labute approximate surface area is 120 Å². The third-order valence-corrected chi connectivity index (χ3v) is 3.23. The van der Waals surface area contributed by atoms with Gasteiger partial charge in [0.2, 0.25) is 0 Å². The number of hydrogen-bond donors (Lipinski definition) is 1. The Morgan fingerprint density at radius 3 is 2.58 bits per heavy atom. The fraction of sp³-hybridized carbons (Fsp3) is 0.0714. The first-order chi connectivity index (χ1) is 9.02. The molecule has 19 heavy (non-hydrogen) atoms. The van der Waals surface area contributed by atoms with Gasteiger partial charge in [0.05, 0.1) is 17.8 Å². The first-order valence-corrected chi connectivity index (χ1v) is 6.22. The van der Waals surface area contributed by atoms with E-state index >= 15 is 0 Å². The monoisotopic (exact) mass is 295 g/mol. The molecule has 5 heteroatoms. The van der Waals surface area contributed by atoms with Gasteiger partial charge in [-0.2, -0.15) is 0 Å². The molecule has 0 atom stereocenters. The van der Waals surface area contributed by atoms with Crippen LogP contribution in [0.4, 0.5) is 5.69 Å². The molecule has 0 bridgehead atoms. The van der Waals surface area contributed by atoms with E-state index in [1.165, 1.54) is 13.2 Å². The van der Waals surface area contributed by atoms with Crippen molar-refractivity contribution in [2.45, 2.75) is 0 Å². The van der Waals surface area contributed by atoms with Crippen LogP contribution in [0.15, 0.2) is 36.4 Å². The summed E-state index contributed by atoms with van der Waals surface area (Å²) in [7, 11) is 1.49. The van der Waals surface area contributed by atoms with Crippen molar-refractivity contribution >= 4 is 34.7 Å². The number of anilines is 1. The van der Waals surface area contributed by atoms with Crippen molar-refractivity contribution in [2.24, 2.45) is 0 Å². The maximum Gasteiger partial charge on any atom is 0.194 e. The first-order valence-electron chi connectivity index (χ1n) is 5.46. The molecular weight excluding hydrogens is 285 g/mol. The number of carbonyl (C=O) groups is 1. The molecule has 0 aliphatic rings. The third-order valence-electron chi connectivity index (χ3n) is 2.67. The van der Waals surface area contributed by atoms with E-state index in [1.54, 1.807) is 30.3 Å². The second kappa shape index (κ2) is 5.51. The normalized spacial score (nSPS) is 10.3. The van der Waals surface area contributed by atoms with E-state index in [9.17, 15) is 4.79 Å². The predicted octanol–water partition coefficient (Wildman–Crippen LogP) is 3.82. The summed E-state index contributed by atoms with van der Waals surface area (Å²) in [5.74, 6) is 0.217. The van der Waals surface area contributed by atoms with Crippen molar-refractivity contribution in [3.05, 3.63) is 57.6 Å². The van der Waals surface area contributed by atoms with Gasteiger partial charge in [-0.05, 0) is 36.4 Å². The number of nitrogen functional groups attached to an aromatic ring is 1. The average Bonchev–Trinajstić information content (AvgIpc) is 2.41. The van der Waals surface area contributed by atoms with Crippen molar-refractivity contribution in [2.75, 3.05) is 12.8 Å². The van der Waals surface area contributed by atoms with Gasteiger partial charge in [0.25, 0.3) is 0 Å². The largest absolute Gasteiger partial charge is 0.495 e. The van der Waals surface area contributed by atoms with Gasteiger partial charge < -0.3 is 10.5 Å². The SMILES string of the molecule is COc1cc(C(=O)c2cc(Cl)ccc2Cl)ccc1N. The summed E-state index contributed by atoms with van der Waals surface area (Å²) in [6.07, 6.45) is 0. The van der Waals surface area contributed by atoms with Crippen LogP contribution in [-0.4, -0.2) is 12.9 Å². The molecule has 0 spiro atoms. The van der Waals surface area contributed by atoms with E-state index < -0.39 is 0 Å². The fourth-order valence-corrected chi connectivity index (χ4v) is 2.05. The summed E-state index contributed by atoms with van der Waals surface area (Å²) in [5, 5.41) is 0.806. The molecule has 2 aromatic rings. The molecule has 0 fully saturated rings. The Hall–Kier alpha value is -1.71. The van der Waals surface area contributed by atoms with Crippen LogP contribution < -0.4 is 10.5 Å². The van der Waals surface area contributed by atoms with Crippen LogP contribution in [0.1, 0.15) is 15.9 Å². The Balaban J connectivity index is 2.47.